The lowest BCUT2D eigenvalue weighted by Gasteiger charge is -2.56. The van der Waals surface area contributed by atoms with E-state index < -0.39 is 0 Å². The van der Waals surface area contributed by atoms with Crippen LogP contribution in [0.1, 0.15) is 44.9 Å². The largest absolute Gasteiger partial charge is 0.380 e. The highest BCUT2D eigenvalue weighted by Gasteiger charge is 2.51. The van der Waals surface area contributed by atoms with E-state index in [-0.39, 0.29) is 11.6 Å². The number of ether oxygens (including phenoxy) is 1. The van der Waals surface area contributed by atoms with Crippen LogP contribution in [0.4, 0.5) is 16.2 Å². The molecule has 0 radical (unpaired) electrons. The van der Waals surface area contributed by atoms with Gasteiger partial charge in [-0.3, -0.25) is 0 Å². The number of rotatable bonds is 4. The molecule has 5 heteroatoms. The van der Waals surface area contributed by atoms with Crippen LogP contribution in [0.25, 0.3) is 0 Å². The molecule has 1 atom stereocenters. The molecular formula is C22H31N3O2. The number of nitrogens with zero attached hydrogens (tertiary/aromatic N) is 1. The lowest BCUT2D eigenvalue weighted by atomic mass is 9.53. The van der Waals surface area contributed by atoms with Gasteiger partial charge >= 0.3 is 6.03 Å². The Kier molecular flexibility index (Phi) is 4.30. The Hall–Kier alpha value is -1.75. The van der Waals surface area contributed by atoms with Crippen molar-refractivity contribution in [3.8, 4) is 0 Å². The summed E-state index contributed by atoms with van der Waals surface area (Å²) in [5, 5.41) is 6.44. The minimum atomic E-state index is -0.0367. The second-order valence-corrected chi connectivity index (χ2v) is 9.42. The number of hydrogen-bond donors (Lipinski definition) is 2. The van der Waals surface area contributed by atoms with Crippen LogP contribution in [-0.4, -0.2) is 37.9 Å². The number of amides is 2. The fourth-order valence-corrected chi connectivity index (χ4v) is 6.58. The van der Waals surface area contributed by atoms with Crippen molar-refractivity contribution >= 4 is 17.4 Å². The van der Waals surface area contributed by atoms with Crippen LogP contribution in [0.2, 0.25) is 0 Å². The van der Waals surface area contributed by atoms with Gasteiger partial charge in [-0.05, 0) is 87.0 Å². The SMILES string of the molecule is COC1CCN(c2ccc(NC(=O)NC34CC5CC(CC(C5)C3)C4)cc2)C1. The van der Waals surface area contributed by atoms with Gasteiger partial charge in [-0.2, -0.15) is 0 Å². The van der Waals surface area contributed by atoms with Gasteiger partial charge in [-0.1, -0.05) is 0 Å². The lowest BCUT2D eigenvalue weighted by Crippen LogP contribution is -2.60. The molecule has 6 rings (SSSR count). The van der Waals surface area contributed by atoms with Crippen LogP contribution in [0.3, 0.4) is 0 Å². The molecule has 4 bridgehead atoms. The molecule has 5 nitrogen and oxygen atoms in total. The summed E-state index contributed by atoms with van der Waals surface area (Å²) in [5.41, 5.74) is 2.12. The van der Waals surface area contributed by atoms with Gasteiger partial charge in [0.1, 0.15) is 0 Å². The van der Waals surface area contributed by atoms with E-state index in [9.17, 15) is 4.79 Å². The number of anilines is 2. The van der Waals surface area contributed by atoms with Crippen LogP contribution in [0, 0.1) is 17.8 Å². The summed E-state index contributed by atoms with van der Waals surface area (Å²) in [6.07, 6.45) is 9.13. The fourth-order valence-electron chi connectivity index (χ4n) is 6.58. The number of benzene rings is 1. The monoisotopic (exact) mass is 369 g/mol. The molecule has 2 amide bonds. The molecule has 1 aromatic rings. The van der Waals surface area contributed by atoms with E-state index in [0.717, 1.165) is 43.0 Å². The van der Waals surface area contributed by atoms with Gasteiger partial charge in [-0.15, -0.1) is 0 Å². The number of nitrogens with one attached hydrogen (secondary N) is 2. The van der Waals surface area contributed by atoms with Crippen molar-refractivity contribution in [2.24, 2.45) is 17.8 Å². The molecule has 0 spiro atoms. The van der Waals surface area contributed by atoms with Crippen molar-refractivity contribution in [2.45, 2.75) is 56.6 Å². The van der Waals surface area contributed by atoms with E-state index in [0.29, 0.717) is 6.10 Å². The third-order valence-corrected chi connectivity index (χ3v) is 7.39. The minimum absolute atomic E-state index is 0.0367. The van der Waals surface area contributed by atoms with Gasteiger partial charge in [0.25, 0.3) is 0 Å². The number of urea groups is 1. The van der Waals surface area contributed by atoms with Crippen molar-refractivity contribution in [2.75, 3.05) is 30.4 Å². The summed E-state index contributed by atoms with van der Waals surface area (Å²) in [6.45, 7) is 1.97. The second-order valence-electron chi connectivity index (χ2n) is 9.42. The average Bonchev–Trinajstić information content (AvgIpc) is 3.10. The number of carbonyl (C=O) groups is 1. The predicted octanol–water partition coefficient (Wildman–Crippen LogP) is 4.00. The number of hydrogen-bond acceptors (Lipinski definition) is 3. The third-order valence-electron chi connectivity index (χ3n) is 7.39. The molecule has 5 aliphatic rings. The maximum absolute atomic E-state index is 12.7. The Labute approximate surface area is 161 Å². The van der Waals surface area contributed by atoms with Crippen LogP contribution < -0.4 is 15.5 Å². The van der Waals surface area contributed by atoms with E-state index >= 15 is 0 Å². The molecule has 2 N–H and O–H groups in total. The molecule has 4 saturated carbocycles. The maximum atomic E-state index is 12.7. The Morgan fingerprint density at radius 3 is 2.26 bits per heavy atom. The molecule has 27 heavy (non-hydrogen) atoms. The Morgan fingerprint density at radius 1 is 1.07 bits per heavy atom. The molecule has 4 aliphatic carbocycles. The van der Waals surface area contributed by atoms with E-state index in [1.54, 1.807) is 7.11 Å². The first-order valence-electron chi connectivity index (χ1n) is 10.6. The molecular weight excluding hydrogens is 338 g/mol. The number of carbonyl (C=O) groups excluding carboxylic acids is 1. The van der Waals surface area contributed by atoms with Gasteiger partial charge in [0, 0.05) is 37.1 Å². The zero-order chi connectivity index (χ0) is 18.4. The molecule has 0 aromatic heterocycles. The van der Waals surface area contributed by atoms with Crippen LogP contribution in [0.5, 0.6) is 0 Å². The first-order chi connectivity index (χ1) is 13.1. The Morgan fingerprint density at radius 2 is 1.70 bits per heavy atom. The summed E-state index contributed by atoms with van der Waals surface area (Å²) >= 11 is 0. The average molecular weight is 370 g/mol. The Bertz CT molecular complexity index is 667. The maximum Gasteiger partial charge on any atom is 0.319 e. The molecule has 1 unspecified atom stereocenters. The predicted molar refractivity (Wildman–Crippen MR) is 107 cm³/mol. The molecule has 1 heterocycles. The summed E-state index contributed by atoms with van der Waals surface area (Å²) in [4.78, 5) is 15.0. The zero-order valence-electron chi connectivity index (χ0n) is 16.2. The van der Waals surface area contributed by atoms with Gasteiger partial charge in [0.2, 0.25) is 0 Å². The minimum Gasteiger partial charge on any atom is -0.380 e. The summed E-state index contributed by atoms with van der Waals surface area (Å²) in [6, 6.07) is 8.17. The van der Waals surface area contributed by atoms with Crippen molar-refractivity contribution in [1.82, 2.24) is 5.32 Å². The topological polar surface area (TPSA) is 53.6 Å². The van der Waals surface area contributed by atoms with Gasteiger partial charge in [0.15, 0.2) is 0 Å². The first-order valence-corrected chi connectivity index (χ1v) is 10.6. The first kappa shape index (κ1) is 17.4. The van der Waals surface area contributed by atoms with E-state index in [2.05, 4.69) is 27.7 Å². The highest BCUT2D eigenvalue weighted by molar-refractivity contribution is 5.90. The fraction of sp³-hybridized carbons (Fsp3) is 0.682. The lowest BCUT2D eigenvalue weighted by molar-refractivity contribution is -0.0127. The van der Waals surface area contributed by atoms with E-state index in [4.69, 9.17) is 4.74 Å². The van der Waals surface area contributed by atoms with Gasteiger partial charge in [0.05, 0.1) is 6.10 Å². The summed E-state index contributed by atoms with van der Waals surface area (Å²) in [7, 11) is 1.78. The zero-order valence-corrected chi connectivity index (χ0v) is 16.2. The van der Waals surface area contributed by atoms with Gasteiger partial charge in [-0.25, -0.2) is 4.79 Å². The second kappa shape index (κ2) is 6.69. The van der Waals surface area contributed by atoms with Crippen molar-refractivity contribution in [3.63, 3.8) is 0 Å². The molecule has 1 aliphatic heterocycles. The van der Waals surface area contributed by atoms with E-state index in [1.165, 1.54) is 44.2 Å². The normalized spacial score (nSPS) is 36.9. The van der Waals surface area contributed by atoms with Crippen LogP contribution >= 0.6 is 0 Å². The van der Waals surface area contributed by atoms with Crippen LogP contribution in [0.15, 0.2) is 24.3 Å². The third kappa shape index (κ3) is 3.42. The summed E-state index contributed by atoms with van der Waals surface area (Å²) in [5.74, 6) is 2.52. The standard InChI is InChI=1S/C22H31N3O2/c1-27-20-6-7-25(14-20)19-4-2-18(3-5-19)23-21(26)24-22-11-15-8-16(12-22)10-17(9-15)13-22/h2-5,15-17,20H,6-14H2,1H3,(H2,23,24,26). The van der Waals surface area contributed by atoms with Crippen molar-refractivity contribution < 1.29 is 9.53 Å². The van der Waals surface area contributed by atoms with Crippen molar-refractivity contribution in [3.05, 3.63) is 24.3 Å². The molecule has 146 valence electrons. The summed E-state index contributed by atoms with van der Waals surface area (Å²) < 4.78 is 5.45. The van der Waals surface area contributed by atoms with Crippen molar-refractivity contribution in [1.29, 1.82) is 0 Å². The van der Waals surface area contributed by atoms with E-state index in [1.807, 2.05) is 12.1 Å². The smallest absolute Gasteiger partial charge is 0.319 e. The Balaban J connectivity index is 1.19. The number of methoxy groups -OCH3 is 1. The highest BCUT2D eigenvalue weighted by Crippen LogP contribution is 2.55. The molecule has 5 fully saturated rings. The quantitative estimate of drug-likeness (QED) is 0.843. The van der Waals surface area contributed by atoms with Gasteiger partial charge < -0.3 is 20.3 Å². The highest BCUT2D eigenvalue weighted by atomic mass is 16.5. The van der Waals surface area contributed by atoms with Crippen LogP contribution in [-0.2, 0) is 4.74 Å². The molecule has 1 aromatic carbocycles. The molecule has 1 saturated heterocycles.